The molecule has 0 aromatic carbocycles. The third-order valence-electron chi connectivity index (χ3n) is 4.81. The number of amides is 1. The first-order valence-corrected chi connectivity index (χ1v) is 8.38. The Morgan fingerprint density at radius 3 is 2.33 bits per heavy atom. The molecule has 0 unspecified atom stereocenters. The molecule has 122 valence electrons. The van der Waals surface area contributed by atoms with Crippen LogP contribution in [0.1, 0.15) is 60.3 Å². The number of hydrogen-bond acceptors (Lipinski definition) is 3. The average Bonchev–Trinajstić information content (AvgIpc) is 2.32. The highest BCUT2D eigenvalue weighted by molar-refractivity contribution is 5.68. The van der Waals surface area contributed by atoms with E-state index in [2.05, 4.69) is 19.2 Å². The summed E-state index contributed by atoms with van der Waals surface area (Å²) >= 11 is 0. The first-order valence-electron chi connectivity index (χ1n) is 8.38. The summed E-state index contributed by atoms with van der Waals surface area (Å²) in [6, 6.07) is 0.723. The van der Waals surface area contributed by atoms with Crippen LogP contribution in [0.4, 0.5) is 4.79 Å². The van der Waals surface area contributed by atoms with Crippen molar-refractivity contribution in [3.63, 3.8) is 0 Å². The van der Waals surface area contributed by atoms with Gasteiger partial charge in [0.2, 0.25) is 0 Å². The van der Waals surface area contributed by atoms with Gasteiger partial charge in [0.05, 0.1) is 0 Å². The van der Waals surface area contributed by atoms with Gasteiger partial charge in [-0.2, -0.15) is 0 Å². The van der Waals surface area contributed by atoms with Crippen LogP contribution >= 0.6 is 0 Å². The number of ether oxygens (including phenoxy) is 1. The van der Waals surface area contributed by atoms with Crippen molar-refractivity contribution in [3.05, 3.63) is 0 Å². The zero-order valence-electron chi connectivity index (χ0n) is 14.4. The van der Waals surface area contributed by atoms with Crippen LogP contribution < -0.4 is 5.32 Å². The molecule has 21 heavy (non-hydrogen) atoms. The Morgan fingerprint density at radius 1 is 1.29 bits per heavy atom. The molecule has 4 heteroatoms. The molecule has 0 atom stereocenters. The van der Waals surface area contributed by atoms with E-state index in [4.69, 9.17) is 4.74 Å². The summed E-state index contributed by atoms with van der Waals surface area (Å²) in [5, 5.41) is 3.71. The first-order chi connectivity index (χ1) is 9.67. The lowest BCUT2D eigenvalue weighted by atomic mass is 9.78. The van der Waals surface area contributed by atoms with E-state index in [1.54, 1.807) is 0 Å². The second-order valence-electron chi connectivity index (χ2n) is 8.43. The molecule has 1 aliphatic heterocycles. The van der Waals surface area contributed by atoms with Crippen LogP contribution in [0.5, 0.6) is 0 Å². The number of nitrogens with zero attached hydrogens (tertiary/aromatic N) is 1. The van der Waals surface area contributed by atoms with Gasteiger partial charge in [-0.05, 0) is 57.8 Å². The van der Waals surface area contributed by atoms with E-state index in [0.29, 0.717) is 5.41 Å². The van der Waals surface area contributed by atoms with Crippen molar-refractivity contribution in [2.75, 3.05) is 19.6 Å². The third kappa shape index (κ3) is 4.87. The molecule has 1 saturated carbocycles. The van der Waals surface area contributed by atoms with Gasteiger partial charge in [0.25, 0.3) is 0 Å². The van der Waals surface area contributed by atoms with Crippen LogP contribution in [0, 0.1) is 11.3 Å². The molecule has 0 radical (unpaired) electrons. The molecule has 0 aromatic heterocycles. The lowest BCUT2D eigenvalue weighted by Gasteiger charge is -2.42. The molecule has 1 heterocycles. The van der Waals surface area contributed by atoms with Crippen LogP contribution in [-0.2, 0) is 4.74 Å². The van der Waals surface area contributed by atoms with Gasteiger partial charge in [0.1, 0.15) is 5.60 Å². The number of piperidine rings is 1. The van der Waals surface area contributed by atoms with Crippen LogP contribution in [0.3, 0.4) is 0 Å². The maximum absolute atomic E-state index is 12.1. The molecule has 2 fully saturated rings. The molecular weight excluding hydrogens is 264 g/mol. The molecule has 1 aliphatic carbocycles. The fraction of sp³-hybridized carbons (Fsp3) is 0.941. The largest absolute Gasteiger partial charge is 0.444 e. The Kier molecular flexibility index (Phi) is 4.86. The van der Waals surface area contributed by atoms with Crippen LogP contribution in [0.25, 0.3) is 0 Å². The first kappa shape index (κ1) is 16.6. The van der Waals surface area contributed by atoms with E-state index in [9.17, 15) is 4.79 Å². The second kappa shape index (κ2) is 6.15. The predicted molar refractivity (Wildman–Crippen MR) is 85.3 cm³/mol. The molecule has 0 aromatic rings. The number of rotatable bonds is 3. The summed E-state index contributed by atoms with van der Waals surface area (Å²) in [6.45, 7) is 13.1. The Bertz CT molecular complexity index is 361. The lowest BCUT2D eigenvalue weighted by molar-refractivity contribution is 0.0112. The van der Waals surface area contributed by atoms with Gasteiger partial charge in [-0.15, -0.1) is 0 Å². The smallest absolute Gasteiger partial charge is 0.410 e. The van der Waals surface area contributed by atoms with Gasteiger partial charge in [0, 0.05) is 25.7 Å². The monoisotopic (exact) mass is 296 g/mol. The highest BCUT2D eigenvalue weighted by atomic mass is 16.6. The van der Waals surface area contributed by atoms with Crippen molar-refractivity contribution in [1.29, 1.82) is 0 Å². The topological polar surface area (TPSA) is 41.6 Å². The zero-order valence-corrected chi connectivity index (χ0v) is 14.4. The Hall–Kier alpha value is -0.770. The second-order valence-corrected chi connectivity index (χ2v) is 8.43. The number of nitrogens with one attached hydrogen (secondary N) is 1. The van der Waals surface area contributed by atoms with Crippen molar-refractivity contribution in [1.82, 2.24) is 10.2 Å². The Morgan fingerprint density at radius 2 is 1.86 bits per heavy atom. The minimum atomic E-state index is -0.402. The fourth-order valence-electron chi connectivity index (χ4n) is 3.19. The van der Waals surface area contributed by atoms with Gasteiger partial charge >= 0.3 is 6.09 Å². The van der Waals surface area contributed by atoms with Crippen molar-refractivity contribution in [2.45, 2.75) is 71.9 Å². The van der Waals surface area contributed by atoms with E-state index in [1.165, 1.54) is 12.8 Å². The van der Waals surface area contributed by atoms with E-state index in [-0.39, 0.29) is 6.09 Å². The third-order valence-corrected chi connectivity index (χ3v) is 4.81. The van der Waals surface area contributed by atoms with Gasteiger partial charge in [0.15, 0.2) is 0 Å². The molecule has 4 nitrogen and oxygen atoms in total. The fourth-order valence-corrected chi connectivity index (χ4v) is 3.19. The molecular formula is C17H32N2O2. The Balaban J connectivity index is 1.72. The molecule has 1 N–H and O–H groups in total. The van der Waals surface area contributed by atoms with E-state index < -0.39 is 5.60 Å². The van der Waals surface area contributed by atoms with E-state index >= 15 is 0 Å². The highest BCUT2D eigenvalue weighted by Gasteiger charge is 2.35. The molecule has 2 aliphatic rings. The molecule has 2 rings (SSSR count). The number of carbonyl (C=O) groups is 1. The SMILES string of the molecule is CC1CC(NCC2(C)CCN(C(=O)OC(C)(C)C)CC2)C1. The molecule has 0 spiro atoms. The zero-order chi connectivity index (χ0) is 15.7. The number of hydrogen-bond donors (Lipinski definition) is 1. The predicted octanol–water partition coefficient (Wildman–Crippen LogP) is 3.41. The molecule has 1 amide bonds. The maximum Gasteiger partial charge on any atom is 0.410 e. The van der Waals surface area contributed by atoms with Crippen LogP contribution in [-0.4, -0.2) is 42.3 Å². The summed E-state index contributed by atoms with van der Waals surface area (Å²) in [7, 11) is 0. The normalized spacial score (nSPS) is 28.9. The number of carbonyl (C=O) groups excluding carboxylic acids is 1. The summed E-state index contributed by atoms with van der Waals surface area (Å²) < 4.78 is 5.45. The minimum absolute atomic E-state index is 0.162. The van der Waals surface area contributed by atoms with Crippen LogP contribution in [0.15, 0.2) is 0 Å². The van der Waals surface area contributed by atoms with Crippen molar-refractivity contribution >= 4 is 6.09 Å². The average molecular weight is 296 g/mol. The van der Waals surface area contributed by atoms with Crippen molar-refractivity contribution in [2.24, 2.45) is 11.3 Å². The highest BCUT2D eigenvalue weighted by Crippen LogP contribution is 2.33. The van der Waals surface area contributed by atoms with Gasteiger partial charge in [-0.25, -0.2) is 4.79 Å². The van der Waals surface area contributed by atoms with Gasteiger partial charge in [-0.1, -0.05) is 13.8 Å². The standard InChI is InChI=1S/C17H32N2O2/c1-13-10-14(11-13)18-12-17(5)6-8-19(9-7-17)15(20)21-16(2,3)4/h13-14,18H,6-12H2,1-5H3. The summed E-state index contributed by atoms with van der Waals surface area (Å²) in [5.74, 6) is 0.893. The Labute approximate surface area is 129 Å². The molecule has 1 saturated heterocycles. The summed E-state index contributed by atoms with van der Waals surface area (Å²) in [4.78, 5) is 13.9. The number of likely N-dealkylation sites (tertiary alicyclic amines) is 1. The molecule has 0 bridgehead atoms. The minimum Gasteiger partial charge on any atom is -0.444 e. The van der Waals surface area contributed by atoms with E-state index in [0.717, 1.165) is 44.4 Å². The van der Waals surface area contributed by atoms with Crippen molar-refractivity contribution in [3.8, 4) is 0 Å². The summed E-state index contributed by atoms with van der Waals surface area (Å²) in [5.41, 5.74) is -0.0857. The van der Waals surface area contributed by atoms with E-state index in [1.807, 2.05) is 25.7 Å². The van der Waals surface area contributed by atoms with Crippen LogP contribution in [0.2, 0.25) is 0 Å². The lowest BCUT2D eigenvalue weighted by Crippen LogP contribution is -2.50. The van der Waals surface area contributed by atoms with Crippen molar-refractivity contribution < 1.29 is 9.53 Å². The quantitative estimate of drug-likeness (QED) is 0.867. The summed E-state index contributed by atoms with van der Waals surface area (Å²) in [6.07, 6.45) is 4.59. The van der Waals surface area contributed by atoms with Gasteiger partial charge in [-0.3, -0.25) is 0 Å². The maximum atomic E-state index is 12.1. The van der Waals surface area contributed by atoms with Gasteiger partial charge < -0.3 is 15.0 Å².